The Balaban J connectivity index is 1.82. The number of nitrogens with one attached hydrogen (secondary N) is 1. The molecule has 5 heteroatoms. The van der Waals surface area contributed by atoms with Crippen molar-refractivity contribution in [2.24, 2.45) is 0 Å². The first-order valence-electron chi connectivity index (χ1n) is 6.69. The van der Waals surface area contributed by atoms with E-state index >= 15 is 0 Å². The molecule has 0 radical (unpaired) electrons. The zero-order valence-corrected chi connectivity index (χ0v) is 13.1. The van der Waals surface area contributed by atoms with E-state index in [-0.39, 0.29) is 12.3 Å². The van der Waals surface area contributed by atoms with E-state index in [9.17, 15) is 9.59 Å². The van der Waals surface area contributed by atoms with Crippen molar-refractivity contribution in [1.82, 2.24) is 0 Å². The average Bonchev–Trinajstić information content (AvgIpc) is 2.48. The topological polar surface area (TPSA) is 59.3 Å². The second-order valence-electron chi connectivity index (χ2n) is 4.83. The van der Waals surface area contributed by atoms with Gasteiger partial charge in [0, 0.05) is 21.1 Å². The summed E-state index contributed by atoms with van der Waals surface area (Å²) in [6.45, 7) is 0. The predicted molar refractivity (Wildman–Crippen MR) is 89.0 cm³/mol. The number of hydrogen-bond acceptors (Lipinski definition) is 3. The molecule has 0 aliphatic rings. The molecule has 0 aliphatic carbocycles. The van der Waals surface area contributed by atoms with Gasteiger partial charge in [0.15, 0.2) is 0 Å². The lowest BCUT2D eigenvalue weighted by molar-refractivity contribution is -0.115. The third-order valence-electron chi connectivity index (χ3n) is 3.17. The van der Waals surface area contributed by atoms with Gasteiger partial charge in [-0.25, -0.2) is 4.79 Å². The normalized spacial score (nSPS) is 10.6. The van der Waals surface area contributed by atoms with Gasteiger partial charge in [-0.3, -0.25) is 4.79 Å². The molecule has 0 atom stereocenters. The summed E-state index contributed by atoms with van der Waals surface area (Å²) in [4.78, 5) is 24.0. The van der Waals surface area contributed by atoms with Gasteiger partial charge in [0.2, 0.25) is 5.91 Å². The molecule has 1 N–H and O–H groups in total. The summed E-state index contributed by atoms with van der Waals surface area (Å²) in [6.07, 6.45) is -0.0281. The molecule has 1 aromatic heterocycles. The third-order valence-corrected chi connectivity index (χ3v) is 3.67. The van der Waals surface area contributed by atoms with E-state index in [2.05, 4.69) is 21.2 Å². The number of fused-ring (bicyclic) bond motifs is 1. The van der Waals surface area contributed by atoms with Crippen LogP contribution in [0.15, 0.2) is 68.3 Å². The number of carbonyl (C=O) groups is 1. The molecule has 1 heterocycles. The number of rotatable bonds is 3. The zero-order valence-electron chi connectivity index (χ0n) is 11.5. The van der Waals surface area contributed by atoms with Crippen LogP contribution in [0.25, 0.3) is 11.0 Å². The second-order valence-corrected chi connectivity index (χ2v) is 5.75. The lowest BCUT2D eigenvalue weighted by Gasteiger charge is -2.05. The summed E-state index contributed by atoms with van der Waals surface area (Å²) < 4.78 is 6.09. The molecular weight excluding hydrogens is 346 g/mol. The lowest BCUT2D eigenvalue weighted by Crippen LogP contribution is -2.19. The van der Waals surface area contributed by atoms with Gasteiger partial charge in [0.05, 0.1) is 6.42 Å². The van der Waals surface area contributed by atoms with Crippen molar-refractivity contribution >= 4 is 38.5 Å². The minimum atomic E-state index is -0.483. The molecule has 22 heavy (non-hydrogen) atoms. The molecule has 1 amide bonds. The van der Waals surface area contributed by atoms with Gasteiger partial charge >= 0.3 is 5.63 Å². The van der Waals surface area contributed by atoms with Crippen molar-refractivity contribution in [1.29, 1.82) is 0 Å². The summed E-state index contributed by atoms with van der Waals surface area (Å²) in [5.74, 6) is -0.263. The van der Waals surface area contributed by atoms with Crippen molar-refractivity contribution in [3.63, 3.8) is 0 Å². The Labute approximate surface area is 134 Å². The van der Waals surface area contributed by atoms with Crippen LogP contribution in [0.1, 0.15) is 5.56 Å². The van der Waals surface area contributed by atoms with Crippen molar-refractivity contribution in [3.8, 4) is 0 Å². The zero-order chi connectivity index (χ0) is 15.5. The highest BCUT2D eigenvalue weighted by Crippen LogP contribution is 2.16. The highest BCUT2D eigenvalue weighted by Gasteiger charge is 2.10. The minimum absolute atomic E-state index is 0.0281. The van der Waals surface area contributed by atoms with Crippen LogP contribution in [0.3, 0.4) is 0 Å². The lowest BCUT2D eigenvalue weighted by atomic mass is 10.1. The molecular formula is C17H12BrNO3. The number of hydrogen-bond donors (Lipinski definition) is 1. The maximum atomic E-state index is 12.1. The van der Waals surface area contributed by atoms with Crippen LogP contribution < -0.4 is 10.9 Å². The van der Waals surface area contributed by atoms with E-state index in [0.717, 1.165) is 9.86 Å². The Hall–Kier alpha value is -2.40. The molecule has 0 unspecified atom stereocenters. The SMILES string of the molecule is O=C(Cc1cc2ccccc2oc1=O)Nc1cccc(Br)c1. The van der Waals surface area contributed by atoms with Crippen LogP contribution in [0.2, 0.25) is 0 Å². The number of benzene rings is 2. The first-order chi connectivity index (χ1) is 10.6. The van der Waals surface area contributed by atoms with Gasteiger partial charge in [0.25, 0.3) is 0 Å². The molecule has 0 aliphatic heterocycles. The van der Waals surface area contributed by atoms with Crippen LogP contribution in [0, 0.1) is 0 Å². The second kappa shape index (κ2) is 6.15. The van der Waals surface area contributed by atoms with Crippen LogP contribution in [0.5, 0.6) is 0 Å². The number of anilines is 1. The number of para-hydroxylation sites is 1. The van der Waals surface area contributed by atoms with Crippen LogP contribution in [-0.2, 0) is 11.2 Å². The van der Waals surface area contributed by atoms with E-state index in [0.29, 0.717) is 16.8 Å². The van der Waals surface area contributed by atoms with Crippen LogP contribution in [0.4, 0.5) is 5.69 Å². The third kappa shape index (κ3) is 3.26. The fourth-order valence-electron chi connectivity index (χ4n) is 2.17. The molecule has 0 bridgehead atoms. The van der Waals surface area contributed by atoms with Crippen LogP contribution >= 0.6 is 15.9 Å². The number of amides is 1. The van der Waals surface area contributed by atoms with Crippen molar-refractivity contribution in [2.45, 2.75) is 6.42 Å². The molecule has 3 aromatic rings. The highest BCUT2D eigenvalue weighted by atomic mass is 79.9. The molecule has 110 valence electrons. The summed E-state index contributed by atoms with van der Waals surface area (Å²) in [6, 6.07) is 16.2. The standard InChI is InChI=1S/C17H12BrNO3/c18-13-5-3-6-14(10-13)19-16(20)9-12-8-11-4-1-2-7-15(11)22-17(12)21/h1-8,10H,9H2,(H,19,20). The van der Waals surface area contributed by atoms with E-state index in [1.807, 2.05) is 24.3 Å². The summed E-state index contributed by atoms with van der Waals surface area (Å²) >= 11 is 3.34. The fraction of sp³-hybridized carbons (Fsp3) is 0.0588. The summed E-state index contributed by atoms with van der Waals surface area (Å²) in [5, 5.41) is 3.56. The van der Waals surface area contributed by atoms with Gasteiger partial charge in [-0.1, -0.05) is 40.2 Å². The van der Waals surface area contributed by atoms with E-state index in [1.54, 1.807) is 30.3 Å². The Morgan fingerprint density at radius 2 is 1.91 bits per heavy atom. The Morgan fingerprint density at radius 3 is 2.73 bits per heavy atom. The quantitative estimate of drug-likeness (QED) is 0.726. The minimum Gasteiger partial charge on any atom is -0.423 e. The van der Waals surface area contributed by atoms with Crippen molar-refractivity contribution in [2.75, 3.05) is 5.32 Å². The summed E-state index contributed by atoms with van der Waals surface area (Å²) in [7, 11) is 0. The van der Waals surface area contributed by atoms with Gasteiger partial charge in [-0.15, -0.1) is 0 Å². The summed E-state index contributed by atoms with van der Waals surface area (Å²) in [5.41, 5.74) is 1.04. The Kier molecular flexibility index (Phi) is 4.06. The van der Waals surface area contributed by atoms with E-state index in [4.69, 9.17) is 4.42 Å². The maximum absolute atomic E-state index is 12.1. The Morgan fingerprint density at radius 1 is 1.09 bits per heavy atom. The fourth-order valence-corrected chi connectivity index (χ4v) is 2.57. The highest BCUT2D eigenvalue weighted by molar-refractivity contribution is 9.10. The molecule has 3 rings (SSSR count). The molecule has 0 saturated heterocycles. The van der Waals surface area contributed by atoms with Crippen molar-refractivity contribution < 1.29 is 9.21 Å². The Bertz CT molecular complexity index is 902. The monoisotopic (exact) mass is 357 g/mol. The van der Waals surface area contributed by atoms with Gasteiger partial charge in [0.1, 0.15) is 5.58 Å². The smallest absolute Gasteiger partial charge is 0.339 e. The molecule has 4 nitrogen and oxygen atoms in total. The molecule has 0 fully saturated rings. The van der Waals surface area contributed by atoms with Gasteiger partial charge in [-0.2, -0.15) is 0 Å². The largest absolute Gasteiger partial charge is 0.423 e. The maximum Gasteiger partial charge on any atom is 0.339 e. The molecule has 2 aromatic carbocycles. The van der Waals surface area contributed by atoms with E-state index < -0.39 is 5.63 Å². The van der Waals surface area contributed by atoms with Gasteiger partial charge < -0.3 is 9.73 Å². The average molecular weight is 358 g/mol. The van der Waals surface area contributed by atoms with Crippen LogP contribution in [-0.4, -0.2) is 5.91 Å². The van der Waals surface area contributed by atoms with E-state index in [1.165, 1.54) is 0 Å². The van der Waals surface area contributed by atoms with Crippen molar-refractivity contribution in [3.05, 3.63) is 75.1 Å². The number of halogens is 1. The predicted octanol–water partition coefficient (Wildman–Crippen LogP) is 3.74. The molecule has 0 spiro atoms. The first kappa shape index (κ1) is 14.5. The number of carbonyl (C=O) groups excluding carboxylic acids is 1. The molecule has 0 saturated carbocycles. The van der Waals surface area contributed by atoms with Gasteiger partial charge in [-0.05, 0) is 30.3 Å². The first-order valence-corrected chi connectivity index (χ1v) is 7.48.